The summed E-state index contributed by atoms with van der Waals surface area (Å²) in [6, 6.07) is 4.98. The largest absolute Gasteiger partial charge is 0.454 e. The fraction of sp³-hybridized carbons (Fsp3) is 0.286. The molecule has 19 heavy (non-hydrogen) atoms. The third-order valence-electron chi connectivity index (χ3n) is 2.00. The molecule has 0 amide bonds. The summed E-state index contributed by atoms with van der Waals surface area (Å²) in [6.45, 7) is 5.06. The molecule has 102 valence electrons. The van der Waals surface area contributed by atoms with Gasteiger partial charge in [-0.3, -0.25) is 4.79 Å². The van der Waals surface area contributed by atoms with Crippen LogP contribution < -0.4 is 0 Å². The van der Waals surface area contributed by atoms with E-state index in [1.165, 1.54) is 6.08 Å². The minimum absolute atomic E-state index is 0.403. The second-order valence-electron chi connectivity index (χ2n) is 4.83. The van der Waals surface area contributed by atoms with Crippen LogP contribution in [0.1, 0.15) is 26.3 Å². The quantitative estimate of drug-likeness (QED) is 0.483. The zero-order valence-electron chi connectivity index (χ0n) is 10.9. The predicted molar refractivity (Wildman–Crippen MR) is 76.3 cm³/mol. The zero-order valence-corrected chi connectivity index (χ0v) is 12.4. The number of carbonyl (C=O) groups excluding carboxylic acids is 2. The highest BCUT2D eigenvalue weighted by Crippen LogP contribution is 2.25. The fourth-order valence-electron chi connectivity index (χ4n) is 1.23. The van der Waals surface area contributed by atoms with Crippen LogP contribution in [0.5, 0.6) is 0 Å². The van der Waals surface area contributed by atoms with Gasteiger partial charge in [-0.25, -0.2) is 4.79 Å². The molecule has 5 heteroatoms. The summed E-state index contributed by atoms with van der Waals surface area (Å²) in [5.41, 5.74) is -0.217. The van der Waals surface area contributed by atoms with Crippen molar-refractivity contribution in [2.45, 2.75) is 26.4 Å². The Morgan fingerprint density at radius 1 is 1.16 bits per heavy atom. The maximum Gasteiger partial charge on any atom is 0.379 e. The van der Waals surface area contributed by atoms with E-state index >= 15 is 0 Å². The van der Waals surface area contributed by atoms with Crippen molar-refractivity contribution in [1.29, 1.82) is 0 Å². The lowest BCUT2D eigenvalue weighted by Gasteiger charge is -2.18. The Morgan fingerprint density at radius 2 is 1.68 bits per heavy atom. The number of benzene rings is 1. The minimum atomic E-state index is -0.910. The molecule has 0 saturated heterocycles. The van der Waals surface area contributed by atoms with Gasteiger partial charge in [0.25, 0.3) is 5.78 Å². The lowest BCUT2D eigenvalue weighted by Crippen LogP contribution is -2.27. The van der Waals surface area contributed by atoms with E-state index in [0.717, 1.165) is 6.08 Å². The molecule has 0 heterocycles. The van der Waals surface area contributed by atoms with E-state index in [-0.39, 0.29) is 0 Å². The summed E-state index contributed by atoms with van der Waals surface area (Å²) < 4.78 is 4.94. The number of esters is 1. The molecule has 0 N–H and O–H groups in total. The van der Waals surface area contributed by atoms with E-state index < -0.39 is 17.4 Å². The van der Waals surface area contributed by atoms with Gasteiger partial charge in [0.1, 0.15) is 5.60 Å². The SMILES string of the molecule is CC(C)(C)OC(=O)C(=O)/C=C/c1c(Cl)cccc1Cl. The molecule has 0 aliphatic heterocycles. The summed E-state index contributed by atoms with van der Waals surface area (Å²) in [6.07, 6.45) is 2.50. The monoisotopic (exact) mass is 300 g/mol. The smallest absolute Gasteiger partial charge is 0.379 e. The van der Waals surface area contributed by atoms with Gasteiger partial charge in [0.15, 0.2) is 0 Å². The molecule has 0 saturated carbocycles. The van der Waals surface area contributed by atoms with Gasteiger partial charge in [-0.2, -0.15) is 0 Å². The summed E-state index contributed by atoms with van der Waals surface area (Å²) in [5.74, 6) is -1.67. The average Bonchev–Trinajstić information content (AvgIpc) is 2.25. The second-order valence-corrected chi connectivity index (χ2v) is 5.65. The van der Waals surface area contributed by atoms with E-state index in [1.54, 1.807) is 39.0 Å². The zero-order chi connectivity index (χ0) is 14.6. The summed E-state index contributed by atoms with van der Waals surface area (Å²) >= 11 is 11.9. The van der Waals surface area contributed by atoms with E-state index in [2.05, 4.69) is 0 Å². The maximum absolute atomic E-state index is 11.6. The van der Waals surface area contributed by atoms with Crippen LogP contribution in [0.15, 0.2) is 24.3 Å². The summed E-state index contributed by atoms with van der Waals surface area (Å²) in [4.78, 5) is 23.0. The number of ketones is 1. The molecule has 1 aromatic rings. The molecule has 1 rings (SSSR count). The number of carbonyl (C=O) groups is 2. The topological polar surface area (TPSA) is 43.4 Å². The van der Waals surface area contributed by atoms with Gasteiger partial charge in [-0.15, -0.1) is 0 Å². The molecule has 3 nitrogen and oxygen atoms in total. The average molecular weight is 301 g/mol. The lowest BCUT2D eigenvalue weighted by molar-refractivity contribution is -0.160. The Kier molecular flexibility index (Phi) is 5.15. The van der Waals surface area contributed by atoms with Crippen molar-refractivity contribution in [3.05, 3.63) is 39.9 Å². The molecule has 0 spiro atoms. The van der Waals surface area contributed by atoms with E-state index in [9.17, 15) is 9.59 Å². The molecular weight excluding hydrogens is 287 g/mol. The van der Waals surface area contributed by atoms with Gasteiger partial charge in [0.2, 0.25) is 0 Å². The molecule has 0 atom stereocenters. The molecule has 0 aliphatic carbocycles. The van der Waals surface area contributed by atoms with E-state index in [4.69, 9.17) is 27.9 Å². The van der Waals surface area contributed by atoms with Crippen LogP contribution in [0.2, 0.25) is 10.0 Å². The van der Waals surface area contributed by atoms with Crippen LogP contribution in [-0.2, 0) is 14.3 Å². The molecular formula is C14H14Cl2O3. The van der Waals surface area contributed by atoms with Gasteiger partial charge in [-0.1, -0.05) is 29.3 Å². The molecule has 1 aromatic carbocycles. The van der Waals surface area contributed by atoms with Crippen molar-refractivity contribution in [2.75, 3.05) is 0 Å². The third-order valence-corrected chi connectivity index (χ3v) is 2.66. The van der Waals surface area contributed by atoms with Crippen LogP contribution in [0, 0.1) is 0 Å². The highest BCUT2D eigenvalue weighted by molar-refractivity contribution is 6.40. The summed E-state index contributed by atoms with van der Waals surface area (Å²) in [7, 11) is 0. The first-order valence-electron chi connectivity index (χ1n) is 5.60. The van der Waals surface area contributed by atoms with Crippen molar-refractivity contribution < 1.29 is 14.3 Å². The molecule has 0 aromatic heterocycles. The van der Waals surface area contributed by atoms with Gasteiger partial charge in [0.05, 0.1) is 0 Å². The first kappa shape index (κ1) is 15.7. The van der Waals surface area contributed by atoms with Crippen molar-refractivity contribution >= 4 is 41.0 Å². The first-order chi connectivity index (χ1) is 8.70. The highest BCUT2D eigenvalue weighted by Gasteiger charge is 2.20. The highest BCUT2D eigenvalue weighted by atomic mass is 35.5. The molecule has 0 bridgehead atoms. The Bertz CT molecular complexity index is 508. The Hall–Kier alpha value is -1.32. The van der Waals surface area contributed by atoms with E-state index in [1.807, 2.05) is 0 Å². The van der Waals surface area contributed by atoms with Crippen LogP contribution in [0.3, 0.4) is 0 Å². The van der Waals surface area contributed by atoms with Crippen LogP contribution in [0.25, 0.3) is 6.08 Å². The van der Waals surface area contributed by atoms with E-state index in [0.29, 0.717) is 15.6 Å². The van der Waals surface area contributed by atoms with Gasteiger partial charge in [-0.05, 0) is 45.1 Å². The number of hydrogen-bond acceptors (Lipinski definition) is 3. The van der Waals surface area contributed by atoms with Gasteiger partial charge >= 0.3 is 5.97 Å². The van der Waals surface area contributed by atoms with Crippen molar-refractivity contribution in [3.8, 4) is 0 Å². The molecule has 0 unspecified atom stereocenters. The number of rotatable bonds is 3. The summed E-state index contributed by atoms with van der Waals surface area (Å²) in [5, 5.41) is 0.807. The lowest BCUT2D eigenvalue weighted by atomic mass is 10.1. The Labute approximate surface area is 122 Å². The second kappa shape index (κ2) is 6.22. The third kappa shape index (κ3) is 5.05. The fourth-order valence-corrected chi connectivity index (χ4v) is 1.75. The van der Waals surface area contributed by atoms with Gasteiger partial charge in [0, 0.05) is 15.6 Å². The van der Waals surface area contributed by atoms with Gasteiger partial charge < -0.3 is 4.74 Å². The maximum atomic E-state index is 11.6. The standard InChI is InChI=1S/C14H14Cl2O3/c1-14(2,3)19-13(18)12(17)8-7-9-10(15)5-4-6-11(9)16/h4-8H,1-3H3/b8-7+. The Morgan fingerprint density at radius 3 is 2.16 bits per heavy atom. The van der Waals surface area contributed by atoms with Crippen molar-refractivity contribution in [3.63, 3.8) is 0 Å². The molecule has 0 fully saturated rings. The normalized spacial score (nSPS) is 11.6. The van der Waals surface area contributed by atoms with Crippen LogP contribution in [-0.4, -0.2) is 17.4 Å². The predicted octanol–water partition coefficient (Wildman–Crippen LogP) is 3.92. The van der Waals surface area contributed by atoms with Crippen molar-refractivity contribution in [2.24, 2.45) is 0 Å². The molecule has 0 radical (unpaired) electrons. The number of hydrogen-bond donors (Lipinski definition) is 0. The number of ether oxygens (including phenoxy) is 1. The van der Waals surface area contributed by atoms with Crippen LogP contribution >= 0.6 is 23.2 Å². The number of halogens is 2. The first-order valence-corrected chi connectivity index (χ1v) is 6.36. The van der Waals surface area contributed by atoms with Crippen molar-refractivity contribution in [1.82, 2.24) is 0 Å². The Balaban J connectivity index is 2.82. The minimum Gasteiger partial charge on any atom is -0.454 e. The van der Waals surface area contributed by atoms with Crippen LogP contribution in [0.4, 0.5) is 0 Å². The molecule has 0 aliphatic rings.